The molecule has 2 N–H and O–H groups in total. The van der Waals surface area contributed by atoms with Crippen molar-refractivity contribution in [3.8, 4) is 0 Å². The molecule has 1 aromatic carbocycles. The van der Waals surface area contributed by atoms with Crippen LogP contribution in [-0.4, -0.2) is 38.6 Å². The number of ether oxygens (including phenoxy) is 1. The van der Waals surface area contributed by atoms with Gasteiger partial charge < -0.3 is 19.6 Å². The number of fused-ring (bicyclic) bond motifs is 1. The number of aromatic amines is 1. The smallest absolute Gasteiger partial charge is 0.318 e. The number of esters is 1. The summed E-state index contributed by atoms with van der Waals surface area (Å²) in [5.74, 6) is -1.83. The average molecular weight is 548 g/mol. The normalized spacial score (nSPS) is 16.2. The fraction of sp³-hybridized carbons (Fsp3) is 0.433. The molecule has 1 aliphatic rings. The third-order valence-corrected chi connectivity index (χ3v) is 7.71. The van der Waals surface area contributed by atoms with E-state index in [9.17, 15) is 9.59 Å². The number of pyridine rings is 1. The molecular formula is C30H34FN5O4. The number of amides is 1. The van der Waals surface area contributed by atoms with E-state index in [1.54, 1.807) is 50.5 Å². The number of carbonyl (C=O) groups excluding carboxylic acids is 2. The Labute approximate surface area is 231 Å². The zero-order valence-corrected chi connectivity index (χ0v) is 22.8. The maximum atomic E-state index is 16.2. The van der Waals surface area contributed by atoms with Gasteiger partial charge in [0.2, 0.25) is 0 Å². The highest BCUT2D eigenvalue weighted by Crippen LogP contribution is 2.35. The summed E-state index contributed by atoms with van der Waals surface area (Å²) in [4.78, 5) is 38.2. The predicted molar refractivity (Wildman–Crippen MR) is 146 cm³/mol. The number of nitrogens with one attached hydrogen (secondary N) is 2. The molecule has 1 aliphatic carbocycles. The number of aromatic nitrogens is 4. The highest BCUT2D eigenvalue weighted by atomic mass is 19.1. The third kappa shape index (κ3) is 5.76. The van der Waals surface area contributed by atoms with Crippen LogP contribution in [0.15, 0.2) is 47.4 Å². The van der Waals surface area contributed by atoms with Gasteiger partial charge in [0.1, 0.15) is 29.1 Å². The van der Waals surface area contributed by atoms with E-state index in [2.05, 4.69) is 20.4 Å². The molecule has 9 nitrogen and oxygen atoms in total. The van der Waals surface area contributed by atoms with E-state index in [0.29, 0.717) is 28.2 Å². The number of nitrogens with zero attached hydrogens (tertiary/aromatic N) is 3. The SMILES string of the molecule is CCOC(=O)C(c1ccncc1)c1ccc2[nH]c(C(NC(=O)c3conc3C)C3CCCCCCC3)nc2c1F. The molecule has 0 aliphatic heterocycles. The largest absolute Gasteiger partial charge is 0.465 e. The number of halogens is 1. The van der Waals surface area contributed by atoms with Gasteiger partial charge in [-0.25, -0.2) is 9.37 Å². The Kier molecular flexibility index (Phi) is 8.52. The van der Waals surface area contributed by atoms with Crippen LogP contribution in [0.5, 0.6) is 0 Å². The van der Waals surface area contributed by atoms with Crippen molar-refractivity contribution in [3.05, 3.63) is 76.9 Å². The van der Waals surface area contributed by atoms with Crippen LogP contribution in [0.2, 0.25) is 0 Å². The minimum atomic E-state index is -0.967. The van der Waals surface area contributed by atoms with Crippen molar-refractivity contribution in [2.24, 2.45) is 5.92 Å². The fourth-order valence-corrected chi connectivity index (χ4v) is 5.63. The maximum absolute atomic E-state index is 16.2. The molecule has 0 saturated heterocycles. The summed E-state index contributed by atoms with van der Waals surface area (Å²) in [6, 6.07) is 6.20. The predicted octanol–water partition coefficient (Wildman–Crippen LogP) is 5.92. The van der Waals surface area contributed by atoms with Gasteiger partial charge in [0.25, 0.3) is 5.91 Å². The van der Waals surface area contributed by atoms with Crippen LogP contribution in [-0.2, 0) is 9.53 Å². The van der Waals surface area contributed by atoms with Gasteiger partial charge in [-0.3, -0.25) is 14.6 Å². The minimum absolute atomic E-state index is 0.113. The molecule has 1 saturated carbocycles. The number of hydrogen-bond acceptors (Lipinski definition) is 7. The molecule has 0 radical (unpaired) electrons. The van der Waals surface area contributed by atoms with Gasteiger partial charge >= 0.3 is 5.97 Å². The molecule has 210 valence electrons. The van der Waals surface area contributed by atoms with Crippen LogP contribution in [0.3, 0.4) is 0 Å². The van der Waals surface area contributed by atoms with E-state index >= 15 is 4.39 Å². The minimum Gasteiger partial charge on any atom is -0.465 e. The fourth-order valence-electron chi connectivity index (χ4n) is 5.63. The second-order valence-corrected chi connectivity index (χ2v) is 10.3. The van der Waals surface area contributed by atoms with E-state index < -0.39 is 23.7 Å². The average Bonchev–Trinajstić information content (AvgIpc) is 3.56. The molecule has 40 heavy (non-hydrogen) atoms. The Morgan fingerprint density at radius 2 is 1.85 bits per heavy atom. The van der Waals surface area contributed by atoms with E-state index in [1.165, 1.54) is 12.7 Å². The Balaban J connectivity index is 1.55. The number of hydrogen-bond donors (Lipinski definition) is 2. The zero-order valence-electron chi connectivity index (χ0n) is 22.8. The molecule has 5 rings (SSSR count). The standard InChI is InChI=1S/C30H34FN5O4/c1-3-39-30(38)24(19-13-15-32-16-14-19)21-11-12-23-27(25(21)31)34-28(33-23)26(20-9-7-5-4-6-8-10-20)35-29(37)22-17-40-36-18(22)2/h11-17,20,24,26H,3-10H2,1-2H3,(H,33,34)(H,35,37). The first-order chi connectivity index (χ1) is 19.5. The Morgan fingerprint density at radius 3 is 2.52 bits per heavy atom. The summed E-state index contributed by atoms with van der Waals surface area (Å²) < 4.78 is 26.4. The molecule has 2 atom stereocenters. The summed E-state index contributed by atoms with van der Waals surface area (Å²) in [7, 11) is 0. The van der Waals surface area contributed by atoms with Crippen molar-refractivity contribution in [2.45, 2.75) is 70.8 Å². The quantitative estimate of drug-likeness (QED) is 0.263. The second kappa shape index (κ2) is 12.4. The Morgan fingerprint density at radius 1 is 1.12 bits per heavy atom. The zero-order chi connectivity index (χ0) is 28.1. The maximum Gasteiger partial charge on any atom is 0.318 e. The topological polar surface area (TPSA) is 123 Å². The lowest BCUT2D eigenvalue weighted by Gasteiger charge is -2.28. The van der Waals surface area contributed by atoms with Gasteiger partial charge in [-0.05, 0) is 56.4 Å². The molecule has 1 amide bonds. The van der Waals surface area contributed by atoms with Crippen LogP contribution >= 0.6 is 0 Å². The first-order valence-electron chi connectivity index (χ1n) is 13.9. The van der Waals surface area contributed by atoms with Crippen LogP contribution in [0.1, 0.15) is 96.8 Å². The number of aryl methyl sites for hydroxylation is 1. The number of H-pyrrole nitrogens is 1. The number of benzene rings is 1. The monoisotopic (exact) mass is 547 g/mol. The number of carbonyl (C=O) groups is 2. The van der Waals surface area contributed by atoms with E-state index in [0.717, 1.165) is 38.5 Å². The molecular weight excluding hydrogens is 513 g/mol. The third-order valence-electron chi connectivity index (χ3n) is 7.71. The van der Waals surface area contributed by atoms with Gasteiger partial charge in [-0.2, -0.15) is 0 Å². The summed E-state index contributed by atoms with van der Waals surface area (Å²) in [6.45, 7) is 3.60. The highest BCUT2D eigenvalue weighted by molar-refractivity contribution is 5.95. The van der Waals surface area contributed by atoms with Gasteiger partial charge in [-0.1, -0.05) is 43.3 Å². The van der Waals surface area contributed by atoms with Crippen molar-refractivity contribution < 1.29 is 23.2 Å². The van der Waals surface area contributed by atoms with Crippen molar-refractivity contribution in [1.82, 2.24) is 25.4 Å². The molecule has 3 heterocycles. The van der Waals surface area contributed by atoms with Crippen molar-refractivity contribution >= 4 is 22.9 Å². The molecule has 0 spiro atoms. The van der Waals surface area contributed by atoms with Crippen molar-refractivity contribution in [1.29, 1.82) is 0 Å². The summed E-state index contributed by atoms with van der Waals surface area (Å²) in [5, 5.41) is 6.97. The Bertz CT molecular complexity index is 1460. The first kappa shape index (κ1) is 27.5. The molecule has 4 aromatic rings. The van der Waals surface area contributed by atoms with Gasteiger partial charge in [0.15, 0.2) is 5.82 Å². The molecule has 3 aromatic heterocycles. The lowest BCUT2D eigenvalue weighted by Crippen LogP contribution is -2.35. The Hall–Kier alpha value is -4.08. The number of rotatable bonds is 8. The van der Waals surface area contributed by atoms with Gasteiger partial charge in [0, 0.05) is 18.0 Å². The summed E-state index contributed by atoms with van der Waals surface area (Å²) >= 11 is 0. The van der Waals surface area contributed by atoms with Crippen LogP contribution in [0, 0.1) is 18.7 Å². The van der Waals surface area contributed by atoms with E-state index in [-0.39, 0.29) is 29.5 Å². The van der Waals surface area contributed by atoms with Crippen molar-refractivity contribution in [3.63, 3.8) is 0 Å². The van der Waals surface area contributed by atoms with Gasteiger partial charge in [0.05, 0.1) is 23.9 Å². The summed E-state index contributed by atoms with van der Waals surface area (Å²) in [5.41, 5.74) is 2.19. The lowest BCUT2D eigenvalue weighted by molar-refractivity contribution is -0.143. The van der Waals surface area contributed by atoms with Crippen LogP contribution in [0.4, 0.5) is 4.39 Å². The van der Waals surface area contributed by atoms with Crippen molar-refractivity contribution in [2.75, 3.05) is 6.61 Å². The molecule has 10 heteroatoms. The first-order valence-corrected chi connectivity index (χ1v) is 13.9. The molecule has 0 bridgehead atoms. The summed E-state index contributed by atoms with van der Waals surface area (Å²) in [6.07, 6.45) is 11.9. The van der Waals surface area contributed by atoms with Crippen LogP contribution in [0.25, 0.3) is 11.0 Å². The highest BCUT2D eigenvalue weighted by Gasteiger charge is 2.32. The second-order valence-electron chi connectivity index (χ2n) is 10.3. The lowest BCUT2D eigenvalue weighted by atomic mass is 9.85. The van der Waals surface area contributed by atoms with Gasteiger partial charge in [-0.15, -0.1) is 0 Å². The van der Waals surface area contributed by atoms with E-state index in [1.807, 2.05) is 0 Å². The van der Waals surface area contributed by atoms with Crippen LogP contribution < -0.4 is 5.32 Å². The molecule has 2 unspecified atom stereocenters. The number of imidazole rings is 1. The van der Waals surface area contributed by atoms with E-state index in [4.69, 9.17) is 14.2 Å². The molecule has 1 fully saturated rings.